The zero-order chi connectivity index (χ0) is 13.1. The number of anilines is 2. The lowest BCUT2D eigenvalue weighted by molar-refractivity contribution is 0.263. The molecule has 5 heteroatoms. The topological polar surface area (TPSA) is 67.1 Å². The van der Waals surface area contributed by atoms with Crippen LogP contribution < -0.4 is 11.1 Å². The molecular formula is C13H23N5. The highest BCUT2D eigenvalue weighted by molar-refractivity contribution is 5.45. The Hall–Kier alpha value is -1.36. The molecule has 5 nitrogen and oxygen atoms in total. The van der Waals surface area contributed by atoms with Crippen LogP contribution in [0.3, 0.4) is 0 Å². The van der Waals surface area contributed by atoms with E-state index in [1.54, 1.807) is 0 Å². The van der Waals surface area contributed by atoms with Gasteiger partial charge in [0.25, 0.3) is 0 Å². The van der Waals surface area contributed by atoms with Gasteiger partial charge in [0.15, 0.2) is 0 Å². The standard InChI is InChI=1S/C13H23N5/c1-9(2)13-16-11(14)8-12(17-13)15-10-4-6-18(3)7-5-10/h8-10H,4-7H2,1-3H3,(H3,14,15,16,17). The lowest BCUT2D eigenvalue weighted by Crippen LogP contribution is -2.37. The van der Waals surface area contributed by atoms with Crippen LogP contribution >= 0.6 is 0 Å². The number of aromatic nitrogens is 2. The first-order chi connectivity index (χ1) is 8.54. The van der Waals surface area contributed by atoms with Crippen molar-refractivity contribution in [2.24, 2.45) is 0 Å². The molecule has 0 saturated carbocycles. The van der Waals surface area contributed by atoms with Gasteiger partial charge in [-0.15, -0.1) is 0 Å². The number of hydrogen-bond donors (Lipinski definition) is 2. The molecule has 0 amide bonds. The largest absolute Gasteiger partial charge is 0.384 e. The lowest BCUT2D eigenvalue weighted by Gasteiger charge is -2.29. The van der Waals surface area contributed by atoms with Crippen LogP contribution in [0.25, 0.3) is 0 Å². The quantitative estimate of drug-likeness (QED) is 0.853. The molecular weight excluding hydrogens is 226 g/mol. The molecule has 1 saturated heterocycles. The van der Waals surface area contributed by atoms with Gasteiger partial charge < -0.3 is 16.0 Å². The molecule has 1 aliphatic rings. The molecule has 18 heavy (non-hydrogen) atoms. The van der Waals surface area contributed by atoms with Crippen LogP contribution in [0.1, 0.15) is 38.4 Å². The summed E-state index contributed by atoms with van der Waals surface area (Å²) in [5.74, 6) is 2.52. The van der Waals surface area contributed by atoms with Crippen molar-refractivity contribution in [3.05, 3.63) is 11.9 Å². The Bertz CT molecular complexity index is 396. The van der Waals surface area contributed by atoms with Gasteiger partial charge in [-0.2, -0.15) is 0 Å². The normalized spacial score (nSPS) is 18.2. The molecule has 1 fully saturated rings. The van der Waals surface area contributed by atoms with Crippen molar-refractivity contribution in [2.45, 2.75) is 38.6 Å². The van der Waals surface area contributed by atoms with Gasteiger partial charge >= 0.3 is 0 Å². The second kappa shape index (κ2) is 5.52. The van der Waals surface area contributed by atoms with Crippen molar-refractivity contribution in [3.8, 4) is 0 Å². The van der Waals surface area contributed by atoms with E-state index in [4.69, 9.17) is 5.73 Å². The summed E-state index contributed by atoms with van der Waals surface area (Å²) in [6.45, 7) is 6.42. The van der Waals surface area contributed by atoms with E-state index in [0.29, 0.717) is 17.8 Å². The summed E-state index contributed by atoms with van der Waals surface area (Å²) in [6, 6.07) is 2.32. The van der Waals surface area contributed by atoms with E-state index >= 15 is 0 Å². The van der Waals surface area contributed by atoms with Crippen LogP contribution in [0.4, 0.5) is 11.6 Å². The molecule has 2 rings (SSSR count). The van der Waals surface area contributed by atoms with Crippen LogP contribution in [0.5, 0.6) is 0 Å². The van der Waals surface area contributed by atoms with Crippen LogP contribution in [0.2, 0.25) is 0 Å². The van der Waals surface area contributed by atoms with Gasteiger partial charge in [0, 0.05) is 18.0 Å². The zero-order valence-electron chi connectivity index (χ0n) is 11.5. The second-order valence-corrected chi connectivity index (χ2v) is 5.41. The molecule has 3 N–H and O–H groups in total. The summed E-state index contributed by atoms with van der Waals surface area (Å²) in [4.78, 5) is 11.1. The lowest BCUT2D eigenvalue weighted by atomic mass is 10.1. The Labute approximate surface area is 109 Å². The Morgan fingerprint density at radius 1 is 1.33 bits per heavy atom. The molecule has 0 aliphatic carbocycles. The third-order valence-electron chi connectivity index (χ3n) is 3.35. The van der Waals surface area contributed by atoms with E-state index in [1.807, 2.05) is 6.07 Å². The minimum absolute atomic E-state index is 0.298. The van der Waals surface area contributed by atoms with Crippen LogP contribution in [0.15, 0.2) is 6.07 Å². The fourth-order valence-electron chi connectivity index (χ4n) is 2.18. The fourth-order valence-corrected chi connectivity index (χ4v) is 2.18. The Morgan fingerprint density at radius 2 is 2.00 bits per heavy atom. The summed E-state index contributed by atoms with van der Waals surface area (Å²) in [5.41, 5.74) is 5.83. The predicted molar refractivity (Wildman–Crippen MR) is 74.7 cm³/mol. The molecule has 0 radical (unpaired) electrons. The first-order valence-electron chi connectivity index (χ1n) is 6.64. The molecule has 0 spiro atoms. The van der Waals surface area contributed by atoms with E-state index < -0.39 is 0 Å². The van der Waals surface area contributed by atoms with Crippen molar-refractivity contribution in [1.29, 1.82) is 0 Å². The van der Waals surface area contributed by atoms with E-state index in [2.05, 4.69) is 41.1 Å². The number of nitrogen functional groups attached to an aromatic ring is 1. The number of hydrogen-bond acceptors (Lipinski definition) is 5. The maximum Gasteiger partial charge on any atom is 0.135 e. The van der Waals surface area contributed by atoms with Gasteiger partial charge in [-0.25, -0.2) is 9.97 Å². The van der Waals surface area contributed by atoms with Gasteiger partial charge in [-0.3, -0.25) is 0 Å². The summed E-state index contributed by atoms with van der Waals surface area (Å²) in [6.07, 6.45) is 2.30. The Kier molecular flexibility index (Phi) is 4.01. The molecule has 1 aromatic rings. The molecule has 100 valence electrons. The summed E-state index contributed by atoms with van der Waals surface area (Å²) in [5, 5.41) is 3.48. The van der Waals surface area contributed by atoms with E-state index in [0.717, 1.165) is 37.6 Å². The Morgan fingerprint density at radius 3 is 2.61 bits per heavy atom. The van der Waals surface area contributed by atoms with Crippen LogP contribution in [-0.2, 0) is 0 Å². The van der Waals surface area contributed by atoms with Gasteiger partial charge in [0.1, 0.15) is 17.5 Å². The maximum atomic E-state index is 5.83. The Balaban J connectivity index is 2.04. The minimum atomic E-state index is 0.298. The maximum absolute atomic E-state index is 5.83. The third-order valence-corrected chi connectivity index (χ3v) is 3.35. The van der Waals surface area contributed by atoms with Crippen molar-refractivity contribution >= 4 is 11.6 Å². The van der Waals surface area contributed by atoms with Crippen LogP contribution in [-0.4, -0.2) is 41.0 Å². The molecule has 1 aromatic heterocycles. The average molecular weight is 249 g/mol. The highest BCUT2D eigenvalue weighted by Crippen LogP contribution is 2.18. The molecule has 0 bridgehead atoms. The molecule has 0 aromatic carbocycles. The number of nitrogens with two attached hydrogens (primary N) is 1. The fraction of sp³-hybridized carbons (Fsp3) is 0.692. The number of likely N-dealkylation sites (tertiary alicyclic amines) is 1. The summed E-state index contributed by atoms with van der Waals surface area (Å²) >= 11 is 0. The highest BCUT2D eigenvalue weighted by atomic mass is 15.1. The average Bonchev–Trinajstić information content (AvgIpc) is 2.31. The van der Waals surface area contributed by atoms with Crippen molar-refractivity contribution < 1.29 is 0 Å². The number of piperidine rings is 1. The van der Waals surface area contributed by atoms with Gasteiger partial charge in [-0.1, -0.05) is 13.8 Å². The van der Waals surface area contributed by atoms with Crippen molar-refractivity contribution in [1.82, 2.24) is 14.9 Å². The van der Waals surface area contributed by atoms with Gasteiger partial charge in [0.2, 0.25) is 0 Å². The molecule has 2 heterocycles. The van der Waals surface area contributed by atoms with Crippen LogP contribution in [0, 0.1) is 0 Å². The first-order valence-corrected chi connectivity index (χ1v) is 6.64. The highest BCUT2D eigenvalue weighted by Gasteiger charge is 2.17. The number of nitrogens with one attached hydrogen (secondary N) is 1. The predicted octanol–water partition coefficient (Wildman–Crippen LogP) is 1.69. The van der Waals surface area contributed by atoms with E-state index in [9.17, 15) is 0 Å². The summed E-state index contributed by atoms with van der Waals surface area (Å²) in [7, 11) is 2.16. The monoisotopic (exact) mass is 249 g/mol. The SMILES string of the molecule is CC(C)c1nc(N)cc(NC2CCN(C)CC2)n1. The number of rotatable bonds is 3. The third kappa shape index (κ3) is 3.32. The van der Waals surface area contributed by atoms with Crippen molar-refractivity contribution in [2.75, 3.05) is 31.2 Å². The van der Waals surface area contributed by atoms with Gasteiger partial charge in [-0.05, 0) is 33.0 Å². The zero-order valence-corrected chi connectivity index (χ0v) is 11.5. The number of nitrogens with zero attached hydrogens (tertiary/aromatic N) is 3. The minimum Gasteiger partial charge on any atom is -0.384 e. The molecule has 0 unspecified atom stereocenters. The second-order valence-electron chi connectivity index (χ2n) is 5.41. The smallest absolute Gasteiger partial charge is 0.135 e. The van der Waals surface area contributed by atoms with Gasteiger partial charge in [0.05, 0.1) is 0 Å². The molecule has 1 aliphatic heterocycles. The molecule has 0 atom stereocenters. The van der Waals surface area contributed by atoms with Crippen molar-refractivity contribution in [3.63, 3.8) is 0 Å². The van der Waals surface area contributed by atoms with E-state index in [1.165, 1.54) is 0 Å². The van der Waals surface area contributed by atoms with E-state index in [-0.39, 0.29) is 0 Å². The first kappa shape index (κ1) is 13.1. The summed E-state index contributed by atoms with van der Waals surface area (Å²) < 4.78 is 0.